The van der Waals surface area contributed by atoms with E-state index in [0.717, 1.165) is 12.5 Å². The topological polar surface area (TPSA) is 12.0 Å². The molecule has 2 heteroatoms. The van der Waals surface area contributed by atoms with Gasteiger partial charge in [-0.2, -0.15) is 0 Å². The molecule has 16 heavy (non-hydrogen) atoms. The second-order valence-corrected chi connectivity index (χ2v) is 5.57. The first-order valence-corrected chi connectivity index (χ1v) is 5.88. The summed E-state index contributed by atoms with van der Waals surface area (Å²) in [6.45, 7) is 9.15. The van der Waals surface area contributed by atoms with E-state index in [0.29, 0.717) is 0 Å². The molecule has 0 aromatic heterocycles. The zero-order chi connectivity index (χ0) is 10.9. The molecule has 0 radical (unpaired) electrons. The van der Waals surface area contributed by atoms with Crippen molar-refractivity contribution in [3.05, 3.63) is 35.4 Å². The third-order valence-electron chi connectivity index (χ3n) is 3.28. The number of hydrogen-bond donors (Lipinski definition) is 1. The summed E-state index contributed by atoms with van der Waals surface area (Å²) in [6, 6.07) is 9.10. The highest BCUT2D eigenvalue weighted by Gasteiger charge is 2.19. The highest BCUT2D eigenvalue weighted by molar-refractivity contribution is 5.85. The van der Waals surface area contributed by atoms with Gasteiger partial charge in [-0.25, -0.2) is 0 Å². The molecule has 0 saturated carbocycles. The minimum atomic E-state index is 0. The molecular formula is C14H22ClN. The number of rotatable bonds is 1. The average molecular weight is 240 g/mol. The monoisotopic (exact) mass is 239 g/mol. The Balaban J connectivity index is 0.00000128. The molecule has 1 N–H and O–H groups in total. The Bertz CT molecular complexity index is 335. The quantitative estimate of drug-likeness (QED) is 0.791. The van der Waals surface area contributed by atoms with Crippen molar-refractivity contribution in [2.75, 3.05) is 13.1 Å². The summed E-state index contributed by atoms with van der Waals surface area (Å²) in [5, 5.41) is 3.43. The highest BCUT2D eigenvalue weighted by Crippen LogP contribution is 2.28. The summed E-state index contributed by atoms with van der Waals surface area (Å²) >= 11 is 0. The van der Waals surface area contributed by atoms with Gasteiger partial charge in [0, 0.05) is 6.54 Å². The van der Waals surface area contributed by atoms with E-state index in [1.807, 2.05) is 0 Å². The maximum Gasteiger partial charge on any atom is 0.00206 e. The molecule has 1 unspecified atom stereocenters. The largest absolute Gasteiger partial charge is 0.316 e. The van der Waals surface area contributed by atoms with Crippen molar-refractivity contribution < 1.29 is 0 Å². The lowest BCUT2D eigenvalue weighted by Gasteiger charge is -2.21. The zero-order valence-corrected chi connectivity index (χ0v) is 11.2. The van der Waals surface area contributed by atoms with E-state index in [9.17, 15) is 0 Å². The minimum Gasteiger partial charge on any atom is -0.316 e. The molecule has 90 valence electrons. The van der Waals surface area contributed by atoms with E-state index >= 15 is 0 Å². The molecule has 2 rings (SSSR count). The van der Waals surface area contributed by atoms with Gasteiger partial charge >= 0.3 is 0 Å². The molecule has 0 aliphatic carbocycles. The Labute approximate surface area is 105 Å². The fourth-order valence-electron chi connectivity index (χ4n) is 2.20. The first-order valence-electron chi connectivity index (χ1n) is 5.88. The number of halogens is 1. The summed E-state index contributed by atoms with van der Waals surface area (Å²) in [6.07, 6.45) is 1.29. The van der Waals surface area contributed by atoms with Crippen LogP contribution >= 0.6 is 12.4 Å². The average Bonchev–Trinajstić information content (AvgIpc) is 2.69. The first-order chi connectivity index (χ1) is 7.07. The number of benzene rings is 1. The van der Waals surface area contributed by atoms with Crippen LogP contribution in [-0.4, -0.2) is 13.1 Å². The van der Waals surface area contributed by atoms with Gasteiger partial charge in [0.15, 0.2) is 0 Å². The lowest BCUT2D eigenvalue weighted by Crippen LogP contribution is -2.12. The van der Waals surface area contributed by atoms with Crippen molar-refractivity contribution >= 4 is 12.4 Å². The molecule has 0 amide bonds. The summed E-state index contributed by atoms with van der Waals surface area (Å²) in [4.78, 5) is 0. The summed E-state index contributed by atoms with van der Waals surface area (Å²) < 4.78 is 0. The Morgan fingerprint density at radius 2 is 2.00 bits per heavy atom. The van der Waals surface area contributed by atoms with Crippen molar-refractivity contribution in [1.82, 2.24) is 5.32 Å². The van der Waals surface area contributed by atoms with Gasteiger partial charge in [-0.15, -0.1) is 12.4 Å². The third kappa shape index (κ3) is 2.99. The highest BCUT2D eigenvalue weighted by atomic mass is 35.5. The van der Waals surface area contributed by atoms with Gasteiger partial charge in [-0.05, 0) is 35.4 Å². The summed E-state index contributed by atoms with van der Waals surface area (Å²) in [5.41, 5.74) is 3.22. The van der Waals surface area contributed by atoms with Crippen LogP contribution in [0.3, 0.4) is 0 Å². The van der Waals surface area contributed by atoms with Crippen LogP contribution in [0.15, 0.2) is 24.3 Å². The Morgan fingerprint density at radius 1 is 1.25 bits per heavy atom. The van der Waals surface area contributed by atoms with Gasteiger partial charge in [0.05, 0.1) is 0 Å². The van der Waals surface area contributed by atoms with E-state index in [1.54, 1.807) is 0 Å². The van der Waals surface area contributed by atoms with Crippen LogP contribution < -0.4 is 5.32 Å². The van der Waals surface area contributed by atoms with Crippen LogP contribution in [0.4, 0.5) is 0 Å². The Hall–Kier alpha value is -0.530. The fourth-order valence-corrected chi connectivity index (χ4v) is 2.20. The van der Waals surface area contributed by atoms with Gasteiger partial charge in [0.2, 0.25) is 0 Å². The predicted molar refractivity (Wildman–Crippen MR) is 72.6 cm³/mol. The minimum absolute atomic E-state index is 0. The van der Waals surface area contributed by atoms with E-state index in [4.69, 9.17) is 0 Å². The van der Waals surface area contributed by atoms with Crippen LogP contribution in [0.1, 0.15) is 44.2 Å². The SMILES string of the molecule is CC(C)(C)c1cccc(C2CCNC2)c1.Cl. The Kier molecular flexibility index (Phi) is 4.40. The molecule has 1 heterocycles. The van der Waals surface area contributed by atoms with Crippen LogP contribution in [0, 0.1) is 0 Å². The van der Waals surface area contributed by atoms with E-state index in [-0.39, 0.29) is 17.8 Å². The molecule has 1 aliphatic heterocycles. The van der Waals surface area contributed by atoms with Gasteiger partial charge in [-0.1, -0.05) is 45.0 Å². The maximum atomic E-state index is 3.43. The van der Waals surface area contributed by atoms with Gasteiger partial charge < -0.3 is 5.32 Å². The van der Waals surface area contributed by atoms with Gasteiger partial charge in [-0.3, -0.25) is 0 Å². The van der Waals surface area contributed by atoms with Crippen LogP contribution in [-0.2, 0) is 5.41 Å². The third-order valence-corrected chi connectivity index (χ3v) is 3.28. The number of hydrogen-bond acceptors (Lipinski definition) is 1. The first kappa shape index (κ1) is 13.5. The van der Waals surface area contributed by atoms with E-state index < -0.39 is 0 Å². The van der Waals surface area contributed by atoms with Crippen molar-refractivity contribution in [3.63, 3.8) is 0 Å². The van der Waals surface area contributed by atoms with Crippen LogP contribution in [0.25, 0.3) is 0 Å². The molecule has 1 aliphatic rings. The molecule has 0 bridgehead atoms. The maximum absolute atomic E-state index is 3.43. The van der Waals surface area contributed by atoms with Crippen LogP contribution in [0.2, 0.25) is 0 Å². The summed E-state index contributed by atoms with van der Waals surface area (Å²) in [7, 11) is 0. The van der Waals surface area contributed by atoms with Crippen molar-refractivity contribution in [2.24, 2.45) is 0 Å². The molecule has 1 atom stereocenters. The second kappa shape index (κ2) is 5.20. The van der Waals surface area contributed by atoms with Crippen molar-refractivity contribution in [1.29, 1.82) is 0 Å². The molecule has 1 aromatic rings. The molecule has 0 spiro atoms. The molecule has 1 aromatic carbocycles. The fraction of sp³-hybridized carbons (Fsp3) is 0.571. The van der Waals surface area contributed by atoms with Crippen molar-refractivity contribution in [3.8, 4) is 0 Å². The second-order valence-electron chi connectivity index (χ2n) is 5.57. The van der Waals surface area contributed by atoms with E-state index in [2.05, 4.69) is 50.4 Å². The van der Waals surface area contributed by atoms with Crippen molar-refractivity contribution in [2.45, 2.75) is 38.5 Å². The molecule has 1 nitrogen and oxygen atoms in total. The summed E-state index contributed by atoms with van der Waals surface area (Å²) in [5.74, 6) is 0.729. The normalized spacial score (nSPS) is 20.6. The molecule has 1 fully saturated rings. The Morgan fingerprint density at radius 3 is 2.56 bits per heavy atom. The lowest BCUT2D eigenvalue weighted by molar-refractivity contribution is 0.588. The molecular weight excluding hydrogens is 218 g/mol. The smallest absolute Gasteiger partial charge is 0.00206 e. The van der Waals surface area contributed by atoms with Gasteiger partial charge in [0.25, 0.3) is 0 Å². The lowest BCUT2D eigenvalue weighted by atomic mass is 9.84. The zero-order valence-electron chi connectivity index (χ0n) is 10.4. The van der Waals surface area contributed by atoms with Gasteiger partial charge in [0.1, 0.15) is 0 Å². The predicted octanol–water partition coefficient (Wildman–Crippen LogP) is 3.48. The molecule has 1 saturated heterocycles. The van der Waals surface area contributed by atoms with Crippen LogP contribution in [0.5, 0.6) is 0 Å². The number of nitrogens with one attached hydrogen (secondary N) is 1. The van der Waals surface area contributed by atoms with E-state index in [1.165, 1.54) is 24.1 Å². The standard InChI is InChI=1S/C14H21N.ClH/c1-14(2,3)13-6-4-5-11(9-13)12-7-8-15-10-12;/h4-6,9,12,15H,7-8,10H2,1-3H3;1H.